The second-order valence-corrected chi connectivity index (χ2v) is 17.0. The van der Waals surface area contributed by atoms with E-state index in [1.54, 1.807) is 0 Å². The summed E-state index contributed by atoms with van der Waals surface area (Å²) >= 11 is 1.97. The van der Waals surface area contributed by atoms with Gasteiger partial charge in [0, 0.05) is 31.2 Å². The molecule has 1 aliphatic carbocycles. The van der Waals surface area contributed by atoms with Crippen LogP contribution in [0.25, 0.3) is 108 Å². The van der Waals surface area contributed by atoms with Gasteiger partial charge in [0.05, 0.1) is 0 Å². The van der Waals surface area contributed by atoms with Crippen molar-refractivity contribution in [2.75, 3.05) is 0 Å². The molecule has 0 bridgehead atoms. The summed E-state index contributed by atoms with van der Waals surface area (Å²) in [5, 5.41) is 13.0. The summed E-state index contributed by atoms with van der Waals surface area (Å²) in [6.07, 6.45) is 0. The van der Waals surface area contributed by atoms with Crippen molar-refractivity contribution in [3.8, 4) is 44.5 Å². The van der Waals surface area contributed by atoms with Gasteiger partial charge in [-0.15, -0.1) is 11.3 Å². The Hall–Kier alpha value is -6.54. The topological polar surface area (TPSA) is 0 Å². The molecular weight excluding hydrogens is 693 g/mol. The summed E-state index contributed by atoms with van der Waals surface area (Å²) in [6, 6.07) is 68.1. The molecule has 56 heavy (non-hydrogen) atoms. The maximum atomic E-state index is 2.52. The zero-order valence-electron chi connectivity index (χ0n) is 31.2. The molecular formula is C55H36S. The maximum absolute atomic E-state index is 2.52. The monoisotopic (exact) mass is 728 g/mol. The Morgan fingerprint density at radius 2 is 0.875 bits per heavy atom. The van der Waals surface area contributed by atoms with E-state index in [-0.39, 0.29) is 5.41 Å². The highest BCUT2D eigenvalue weighted by Gasteiger charge is 2.38. The third kappa shape index (κ3) is 4.41. The van der Waals surface area contributed by atoms with Crippen LogP contribution in [0.4, 0.5) is 0 Å². The van der Waals surface area contributed by atoms with Gasteiger partial charge < -0.3 is 0 Å². The van der Waals surface area contributed by atoms with Gasteiger partial charge in [0.15, 0.2) is 0 Å². The van der Waals surface area contributed by atoms with E-state index in [9.17, 15) is 0 Å². The molecule has 262 valence electrons. The van der Waals surface area contributed by atoms with Gasteiger partial charge in [-0.3, -0.25) is 0 Å². The van der Waals surface area contributed by atoms with E-state index in [1.807, 2.05) is 11.3 Å². The molecule has 0 saturated carbocycles. The number of hydrogen-bond donors (Lipinski definition) is 0. The Morgan fingerprint density at radius 1 is 0.339 bits per heavy atom. The fraction of sp³-hybridized carbons (Fsp3) is 0.0545. The average Bonchev–Trinajstić information content (AvgIpc) is 3.75. The van der Waals surface area contributed by atoms with E-state index in [4.69, 9.17) is 0 Å². The highest BCUT2D eigenvalue weighted by atomic mass is 32.1. The van der Waals surface area contributed by atoms with Crippen LogP contribution in [0.3, 0.4) is 0 Å². The van der Waals surface area contributed by atoms with Crippen LogP contribution < -0.4 is 0 Å². The molecule has 0 radical (unpaired) electrons. The van der Waals surface area contributed by atoms with E-state index < -0.39 is 0 Å². The predicted octanol–water partition coefficient (Wildman–Crippen LogP) is 16.0. The fourth-order valence-corrected chi connectivity index (χ4v) is 11.4. The molecule has 1 heteroatoms. The standard InChI is InChI=1S/C55H36S/c1-55(2)47-22-12-11-21-44(47)52-48(55)32-46(51-45-30-29-34-14-5-6-16-39(34)53(45)56-54(51)52)35-24-26-36(27-25-35)49-40-17-7-9-19-42(40)50(43-20-10-8-18-41(43)49)38-28-23-33-13-3-4-15-37(33)31-38/h3-32H,1-2H3. The molecule has 0 saturated heterocycles. The van der Waals surface area contributed by atoms with Crippen LogP contribution in [0, 0.1) is 0 Å². The predicted molar refractivity (Wildman–Crippen MR) is 243 cm³/mol. The summed E-state index contributed by atoms with van der Waals surface area (Å²) in [6.45, 7) is 4.80. The van der Waals surface area contributed by atoms with Crippen molar-refractivity contribution in [2.45, 2.75) is 19.3 Å². The van der Waals surface area contributed by atoms with Gasteiger partial charge in [0.25, 0.3) is 0 Å². The summed E-state index contributed by atoms with van der Waals surface area (Å²) in [7, 11) is 0. The van der Waals surface area contributed by atoms with Crippen LogP contribution in [0.1, 0.15) is 25.0 Å². The van der Waals surface area contributed by atoms with Gasteiger partial charge in [-0.25, -0.2) is 0 Å². The Labute approximate surface area is 329 Å². The smallest absolute Gasteiger partial charge is 0.0443 e. The molecule has 0 aliphatic heterocycles. The van der Waals surface area contributed by atoms with Crippen molar-refractivity contribution in [1.82, 2.24) is 0 Å². The molecule has 11 aromatic rings. The van der Waals surface area contributed by atoms with Crippen LogP contribution in [0.5, 0.6) is 0 Å². The van der Waals surface area contributed by atoms with Gasteiger partial charge in [0.2, 0.25) is 0 Å². The van der Waals surface area contributed by atoms with Crippen molar-refractivity contribution < 1.29 is 0 Å². The second-order valence-electron chi connectivity index (χ2n) is 16.0. The number of hydrogen-bond acceptors (Lipinski definition) is 1. The largest absolute Gasteiger partial charge is 0.134 e. The number of thiophene rings is 1. The van der Waals surface area contributed by atoms with Crippen molar-refractivity contribution in [3.05, 3.63) is 193 Å². The lowest BCUT2D eigenvalue weighted by molar-refractivity contribution is 0.661. The van der Waals surface area contributed by atoms with E-state index in [2.05, 4.69) is 196 Å². The van der Waals surface area contributed by atoms with Gasteiger partial charge >= 0.3 is 0 Å². The lowest BCUT2D eigenvalue weighted by Crippen LogP contribution is -2.14. The molecule has 1 aromatic heterocycles. The molecule has 0 atom stereocenters. The summed E-state index contributed by atoms with van der Waals surface area (Å²) < 4.78 is 2.77. The van der Waals surface area contributed by atoms with Crippen molar-refractivity contribution in [1.29, 1.82) is 0 Å². The SMILES string of the molecule is CC1(C)c2ccccc2-c2c1cc(-c1ccc(-c3c4ccccc4c(-c4ccc5ccccc5c4)c4ccccc34)cc1)c1c2sc2c3ccccc3ccc21. The summed E-state index contributed by atoms with van der Waals surface area (Å²) in [5.74, 6) is 0. The highest BCUT2D eigenvalue weighted by Crippen LogP contribution is 2.57. The van der Waals surface area contributed by atoms with Gasteiger partial charge in [-0.05, 0) is 105 Å². The molecule has 0 spiro atoms. The molecule has 0 N–H and O–H groups in total. The Morgan fingerprint density at radius 3 is 1.59 bits per heavy atom. The molecule has 1 aliphatic rings. The fourth-order valence-electron chi connectivity index (χ4n) is 9.97. The minimum Gasteiger partial charge on any atom is -0.134 e. The van der Waals surface area contributed by atoms with E-state index >= 15 is 0 Å². The molecule has 10 aromatic carbocycles. The lowest BCUT2D eigenvalue weighted by Gasteiger charge is -2.22. The third-order valence-electron chi connectivity index (χ3n) is 12.6. The van der Waals surface area contributed by atoms with Crippen LogP contribution in [0.2, 0.25) is 0 Å². The first-order valence-electron chi connectivity index (χ1n) is 19.6. The van der Waals surface area contributed by atoms with Gasteiger partial charge in [0.1, 0.15) is 0 Å². The minimum absolute atomic E-state index is 0.0995. The van der Waals surface area contributed by atoms with E-state index in [0.29, 0.717) is 0 Å². The van der Waals surface area contributed by atoms with Crippen LogP contribution in [-0.2, 0) is 5.41 Å². The first kappa shape index (κ1) is 31.8. The highest BCUT2D eigenvalue weighted by molar-refractivity contribution is 7.27. The molecule has 0 amide bonds. The third-order valence-corrected chi connectivity index (χ3v) is 13.9. The summed E-state index contributed by atoms with van der Waals surface area (Å²) in [5.41, 5.74) is 13.2. The quantitative estimate of drug-likeness (QED) is 0.159. The first-order valence-corrected chi connectivity index (χ1v) is 20.4. The molecule has 12 rings (SSSR count). The van der Waals surface area contributed by atoms with E-state index in [1.165, 1.54) is 119 Å². The summed E-state index contributed by atoms with van der Waals surface area (Å²) in [4.78, 5) is 0. The first-order chi connectivity index (χ1) is 27.5. The normalized spacial score (nSPS) is 13.3. The number of rotatable bonds is 3. The van der Waals surface area contributed by atoms with Crippen molar-refractivity contribution >= 4 is 74.6 Å². The number of benzene rings is 10. The number of fused-ring (bicyclic) bond motifs is 12. The van der Waals surface area contributed by atoms with Crippen molar-refractivity contribution in [2.24, 2.45) is 0 Å². The van der Waals surface area contributed by atoms with E-state index in [0.717, 1.165) is 0 Å². The minimum atomic E-state index is -0.0995. The zero-order chi connectivity index (χ0) is 37.1. The van der Waals surface area contributed by atoms with Crippen LogP contribution in [-0.4, -0.2) is 0 Å². The second kappa shape index (κ2) is 11.7. The Kier molecular flexibility index (Phi) is 6.66. The Balaban J connectivity index is 1.09. The molecule has 0 unspecified atom stereocenters. The maximum Gasteiger partial charge on any atom is 0.0443 e. The lowest BCUT2D eigenvalue weighted by atomic mass is 9.81. The molecule has 0 nitrogen and oxygen atoms in total. The Bertz CT molecular complexity index is 3370. The van der Waals surface area contributed by atoms with Crippen molar-refractivity contribution in [3.63, 3.8) is 0 Å². The van der Waals surface area contributed by atoms with Crippen LogP contribution >= 0.6 is 11.3 Å². The van der Waals surface area contributed by atoms with Crippen LogP contribution in [0.15, 0.2) is 182 Å². The zero-order valence-corrected chi connectivity index (χ0v) is 32.0. The van der Waals surface area contributed by atoms with Gasteiger partial charge in [-0.2, -0.15) is 0 Å². The van der Waals surface area contributed by atoms with Gasteiger partial charge in [-0.1, -0.05) is 184 Å². The average molecular weight is 729 g/mol. The molecule has 0 fully saturated rings. The molecule has 1 heterocycles.